The Morgan fingerprint density at radius 1 is 1.38 bits per heavy atom. The van der Waals surface area contributed by atoms with Crippen LogP contribution >= 0.6 is 50.7 Å². The molecule has 0 aliphatic heterocycles. The summed E-state index contributed by atoms with van der Waals surface area (Å²) in [4.78, 5) is 12.2. The van der Waals surface area contributed by atoms with Crippen molar-refractivity contribution in [2.24, 2.45) is 7.05 Å². The Morgan fingerprint density at radius 2 is 2.00 bits per heavy atom. The zero-order chi connectivity index (χ0) is 15.6. The van der Waals surface area contributed by atoms with E-state index in [4.69, 9.17) is 12.2 Å². The normalized spacial score (nSPS) is 10.3. The molecule has 2 N–H and O–H groups in total. The molecule has 0 aliphatic carbocycles. The van der Waals surface area contributed by atoms with E-state index in [1.807, 2.05) is 31.2 Å². The number of rotatable bonds is 2. The van der Waals surface area contributed by atoms with E-state index in [1.54, 1.807) is 7.05 Å². The summed E-state index contributed by atoms with van der Waals surface area (Å²) in [6.45, 7) is 1.82. The van der Waals surface area contributed by atoms with Crippen LogP contribution in [0.15, 0.2) is 28.7 Å². The van der Waals surface area contributed by atoms with Crippen molar-refractivity contribution in [3.8, 4) is 0 Å². The Hall–Kier alpha value is -1.000. The van der Waals surface area contributed by atoms with Crippen LogP contribution < -0.4 is 10.6 Å². The number of benzene rings is 1. The minimum atomic E-state index is -0.312. The second kappa shape index (κ2) is 6.84. The second-order valence-electron chi connectivity index (χ2n) is 4.29. The Balaban J connectivity index is 2.05. The van der Waals surface area contributed by atoms with Crippen LogP contribution in [0.4, 0.5) is 5.69 Å². The number of aryl methyl sites for hydroxylation is 2. The third-order valence-corrected chi connectivity index (χ3v) is 4.57. The molecule has 2 aromatic rings. The summed E-state index contributed by atoms with van der Waals surface area (Å²) in [6, 6.07) is 7.69. The molecule has 0 saturated carbocycles. The van der Waals surface area contributed by atoms with Gasteiger partial charge in [0.1, 0.15) is 5.69 Å². The molecular weight excluding hydrogens is 467 g/mol. The van der Waals surface area contributed by atoms with Crippen LogP contribution in [-0.2, 0) is 7.05 Å². The summed E-state index contributed by atoms with van der Waals surface area (Å²) in [6.07, 6.45) is 0. The second-order valence-corrected chi connectivity index (χ2v) is 6.73. The number of carbonyl (C=O) groups is 1. The highest BCUT2D eigenvalue weighted by atomic mass is 127. The summed E-state index contributed by atoms with van der Waals surface area (Å²) >= 11 is 10.7. The zero-order valence-corrected chi connectivity index (χ0v) is 15.8. The number of anilines is 1. The highest BCUT2D eigenvalue weighted by molar-refractivity contribution is 14.1. The first kappa shape index (κ1) is 16.4. The van der Waals surface area contributed by atoms with Crippen LogP contribution in [0, 0.1) is 10.5 Å². The van der Waals surface area contributed by atoms with Gasteiger partial charge in [-0.25, -0.2) is 0 Å². The third kappa shape index (κ3) is 4.01. The van der Waals surface area contributed by atoms with Gasteiger partial charge in [0.2, 0.25) is 0 Å². The fourth-order valence-corrected chi connectivity index (χ4v) is 2.82. The summed E-state index contributed by atoms with van der Waals surface area (Å²) in [7, 11) is 1.71. The molecule has 0 fully saturated rings. The van der Waals surface area contributed by atoms with E-state index in [9.17, 15) is 4.79 Å². The lowest BCUT2D eigenvalue weighted by Gasteiger charge is -2.10. The van der Waals surface area contributed by atoms with Gasteiger partial charge in [0.15, 0.2) is 5.11 Å². The number of halogens is 2. The Morgan fingerprint density at radius 3 is 2.52 bits per heavy atom. The Bertz CT molecular complexity index is 699. The molecule has 1 aromatic heterocycles. The number of hydrogen-bond acceptors (Lipinski definition) is 3. The lowest BCUT2D eigenvalue weighted by molar-refractivity contribution is 0.0968. The number of nitrogens with zero attached hydrogens (tertiary/aromatic N) is 2. The summed E-state index contributed by atoms with van der Waals surface area (Å²) in [5.41, 5.74) is 2.00. The molecule has 1 aromatic carbocycles. The first-order valence-corrected chi connectivity index (χ1v) is 8.23. The number of carbonyl (C=O) groups excluding carboxylic acids is 1. The van der Waals surface area contributed by atoms with Gasteiger partial charge in [-0.3, -0.25) is 14.8 Å². The topological polar surface area (TPSA) is 59.0 Å². The number of thiocarbonyl (C=S) groups is 1. The fourth-order valence-electron chi connectivity index (χ4n) is 1.74. The predicted octanol–water partition coefficient (Wildman–Crippen LogP) is 3.22. The minimum absolute atomic E-state index is 0.243. The van der Waals surface area contributed by atoms with Gasteiger partial charge in [-0.05, 0) is 81.9 Å². The van der Waals surface area contributed by atoms with E-state index in [0.717, 1.165) is 15.0 Å². The molecule has 0 aliphatic rings. The van der Waals surface area contributed by atoms with E-state index in [1.165, 1.54) is 4.68 Å². The van der Waals surface area contributed by atoms with Gasteiger partial charge < -0.3 is 5.32 Å². The maximum absolute atomic E-state index is 12.2. The smallest absolute Gasteiger partial charge is 0.276 e. The van der Waals surface area contributed by atoms with Gasteiger partial charge in [-0.1, -0.05) is 0 Å². The minimum Gasteiger partial charge on any atom is -0.332 e. The van der Waals surface area contributed by atoms with Crippen LogP contribution in [0.3, 0.4) is 0 Å². The molecular formula is C13H12BrIN4OS. The van der Waals surface area contributed by atoms with Crippen molar-refractivity contribution in [3.63, 3.8) is 0 Å². The lowest BCUT2D eigenvalue weighted by atomic mass is 10.3. The van der Waals surface area contributed by atoms with Crippen molar-refractivity contribution in [1.82, 2.24) is 15.1 Å². The molecule has 0 unspecified atom stereocenters. The van der Waals surface area contributed by atoms with E-state index in [0.29, 0.717) is 10.2 Å². The van der Waals surface area contributed by atoms with Crippen LogP contribution in [0.25, 0.3) is 0 Å². The molecule has 1 heterocycles. The van der Waals surface area contributed by atoms with Crippen molar-refractivity contribution < 1.29 is 4.79 Å². The fraction of sp³-hybridized carbons (Fsp3) is 0.154. The first-order chi connectivity index (χ1) is 9.88. The van der Waals surface area contributed by atoms with Gasteiger partial charge in [0.05, 0.1) is 10.2 Å². The first-order valence-electron chi connectivity index (χ1n) is 5.95. The highest BCUT2D eigenvalue weighted by Crippen LogP contribution is 2.20. The molecule has 110 valence electrons. The summed E-state index contributed by atoms with van der Waals surface area (Å²) in [5, 5.41) is 10.0. The highest BCUT2D eigenvalue weighted by Gasteiger charge is 2.19. The molecule has 1 amide bonds. The van der Waals surface area contributed by atoms with Gasteiger partial charge in [-0.15, -0.1) is 0 Å². The number of amides is 1. The van der Waals surface area contributed by atoms with E-state index in [-0.39, 0.29) is 11.0 Å². The van der Waals surface area contributed by atoms with Crippen molar-refractivity contribution >= 4 is 67.4 Å². The molecule has 5 nitrogen and oxygen atoms in total. The SMILES string of the molecule is Cc1nn(C)c(C(=O)NC(=S)Nc2ccc(I)cc2)c1Br. The molecule has 0 spiro atoms. The summed E-state index contributed by atoms with van der Waals surface area (Å²) < 4.78 is 3.31. The monoisotopic (exact) mass is 478 g/mol. The molecule has 21 heavy (non-hydrogen) atoms. The Labute approximate surface area is 149 Å². The van der Waals surface area contributed by atoms with E-state index in [2.05, 4.69) is 54.3 Å². The number of hydrogen-bond donors (Lipinski definition) is 2. The molecule has 0 bridgehead atoms. The van der Waals surface area contributed by atoms with Crippen molar-refractivity contribution in [3.05, 3.63) is 43.7 Å². The maximum Gasteiger partial charge on any atom is 0.276 e. The van der Waals surface area contributed by atoms with Gasteiger partial charge in [-0.2, -0.15) is 5.10 Å². The van der Waals surface area contributed by atoms with Gasteiger partial charge in [0, 0.05) is 16.3 Å². The predicted molar refractivity (Wildman–Crippen MR) is 98.5 cm³/mol. The summed E-state index contributed by atoms with van der Waals surface area (Å²) in [5.74, 6) is -0.312. The quantitative estimate of drug-likeness (QED) is 0.514. The van der Waals surface area contributed by atoms with Crippen LogP contribution in [0.2, 0.25) is 0 Å². The van der Waals surface area contributed by atoms with Gasteiger partial charge >= 0.3 is 0 Å². The molecule has 0 radical (unpaired) electrons. The van der Waals surface area contributed by atoms with Gasteiger partial charge in [0.25, 0.3) is 5.91 Å². The van der Waals surface area contributed by atoms with Crippen LogP contribution in [0.5, 0.6) is 0 Å². The van der Waals surface area contributed by atoms with Crippen molar-refractivity contribution in [2.75, 3.05) is 5.32 Å². The molecule has 2 rings (SSSR count). The lowest BCUT2D eigenvalue weighted by Crippen LogP contribution is -2.35. The molecule has 0 saturated heterocycles. The van der Waals surface area contributed by atoms with Crippen LogP contribution in [-0.4, -0.2) is 20.8 Å². The largest absolute Gasteiger partial charge is 0.332 e. The average molecular weight is 479 g/mol. The van der Waals surface area contributed by atoms with Crippen molar-refractivity contribution in [2.45, 2.75) is 6.92 Å². The Kier molecular flexibility index (Phi) is 5.33. The third-order valence-electron chi connectivity index (χ3n) is 2.69. The standard InChI is InChI=1S/C13H12BrIN4OS/c1-7-10(14)11(19(2)18-7)12(20)17-13(21)16-9-5-3-8(15)4-6-9/h3-6H,1-2H3,(H2,16,17,20,21). The van der Waals surface area contributed by atoms with Crippen LogP contribution in [0.1, 0.15) is 16.2 Å². The average Bonchev–Trinajstić information content (AvgIpc) is 2.66. The van der Waals surface area contributed by atoms with E-state index < -0.39 is 0 Å². The maximum atomic E-state index is 12.2. The number of nitrogens with one attached hydrogen (secondary N) is 2. The zero-order valence-electron chi connectivity index (χ0n) is 11.3. The number of aromatic nitrogens is 2. The van der Waals surface area contributed by atoms with Crippen molar-refractivity contribution in [1.29, 1.82) is 0 Å². The van der Waals surface area contributed by atoms with E-state index >= 15 is 0 Å². The molecule has 0 atom stereocenters. The molecule has 8 heteroatoms.